The second-order valence-corrected chi connectivity index (χ2v) is 3.73. The van der Waals surface area contributed by atoms with Crippen LogP contribution in [0.4, 0.5) is 0 Å². The lowest BCUT2D eigenvalue weighted by molar-refractivity contribution is 0.0663. The summed E-state index contributed by atoms with van der Waals surface area (Å²) in [6, 6.07) is 0. The molecule has 0 aliphatic heterocycles. The molecule has 0 saturated heterocycles. The van der Waals surface area contributed by atoms with Gasteiger partial charge in [-0.25, -0.2) is 0 Å². The molecule has 0 N–H and O–H groups in total. The van der Waals surface area contributed by atoms with Gasteiger partial charge in [-0.3, -0.25) is 4.57 Å². The molecule has 5 nitrogen and oxygen atoms in total. The van der Waals surface area contributed by atoms with E-state index in [1.165, 1.54) is 0 Å². The zero-order valence-electron chi connectivity index (χ0n) is 9.78. The predicted molar refractivity (Wildman–Crippen MR) is 61.7 cm³/mol. The first-order chi connectivity index (χ1) is 7.79. The van der Waals surface area contributed by atoms with Crippen LogP contribution in [0.2, 0.25) is 5.28 Å². The summed E-state index contributed by atoms with van der Waals surface area (Å²) < 4.78 is 12.1. The first kappa shape index (κ1) is 13.4. The zero-order chi connectivity index (χ0) is 11.8. The van der Waals surface area contributed by atoms with Gasteiger partial charge in [0.05, 0.1) is 26.4 Å². The predicted octanol–water partition coefficient (Wildman–Crippen LogP) is 1.55. The number of rotatable bonds is 8. The average molecular weight is 248 g/mol. The minimum absolute atomic E-state index is 0.429. The van der Waals surface area contributed by atoms with E-state index in [4.69, 9.17) is 21.1 Å². The van der Waals surface area contributed by atoms with Crippen LogP contribution in [0.3, 0.4) is 0 Å². The van der Waals surface area contributed by atoms with Gasteiger partial charge in [0.2, 0.25) is 5.28 Å². The Hall–Kier alpha value is -0.650. The maximum atomic E-state index is 5.93. The Labute approximate surface area is 101 Å². The standard InChI is InChI=1S/C10H18ClN3O2/c1-3-4-9-12-13-10(11)14(9)5-6-16-8-7-15-2/h3-8H2,1-2H3. The minimum Gasteiger partial charge on any atom is -0.382 e. The van der Waals surface area contributed by atoms with Gasteiger partial charge in [0, 0.05) is 13.5 Å². The van der Waals surface area contributed by atoms with E-state index in [1.807, 2.05) is 4.57 Å². The van der Waals surface area contributed by atoms with E-state index < -0.39 is 0 Å². The molecule has 0 bridgehead atoms. The molecule has 0 aromatic carbocycles. The van der Waals surface area contributed by atoms with Gasteiger partial charge < -0.3 is 9.47 Å². The maximum Gasteiger partial charge on any atom is 0.225 e. The van der Waals surface area contributed by atoms with E-state index in [0.717, 1.165) is 18.7 Å². The van der Waals surface area contributed by atoms with Crippen LogP contribution < -0.4 is 0 Å². The van der Waals surface area contributed by atoms with E-state index in [0.29, 0.717) is 31.6 Å². The van der Waals surface area contributed by atoms with Crippen molar-refractivity contribution in [2.24, 2.45) is 0 Å². The molecule has 92 valence electrons. The molecule has 0 radical (unpaired) electrons. The third-order valence-corrected chi connectivity index (χ3v) is 2.43. The smallest absolute Gasteiger partial charge is 0.225 e. The quantitative estimate of drug-likeness (QED) is 0.654. The Balaban J connectivity index is 2.36. The van der Waals surface area contributed by atoms with Crippen LogP contribution in [0.5, 0.6) is 0 Å². The first-order valence-electron chi connectivity index (χ1n) is 5.43. The highest BCUT2D eigenvalue weighted by molar-refractivity contribution is 6.28. The maximum absolute atomic E-state index is 5.93. The van der Waals surface area contributed by atoms with E-state index >= 15 is 0 Å². The summed E-state index contributed by atoms with van der Waals surface area (Å²) in [6.07, 6.45) is 1.91. The number of methoxy groups -OCH3 is 1. The molecule has 0 aliphatic carbocycles. The van der Waals surface area contributed by atoms with Crippen molar-refractivity contribution in [2.75, 3.05) is 26.9 Å². The molecule has 6 heteroatoms. The van der Waals surface area contributed by atoms with Crippen molar-refractivity contribution in [2.45, 2.75) is 26.3 Å². The summed E-state index contributed by atoms with van der Waals surface area (Å²) in [4.78, 5) is 0. The van der Waals surface area contributed by atoms with Crippen LogP contribution >= 0.6 is 11.6 Å². The highest BCUT2D eigenvalue weighted by atomic mass is 35.5. The highest BCUT2D eigenvalue weighted by Gasteiger charge is 2.08. The third kappa shape index (κ3) is 4.08. The van der Waals surface area contributed by atoms with Crippen LogP contribution in [-0.2, 0) is 22.4 Å². The van der Waals surface area contributed by atoms with Crippen molar-refractivity contribution in [1.29, 1.82) is 0 Å². The molecule has 0 aliphatic rings. The lowest BCUT2D eigenvalue weighted by Gasteiger charge is -2.07. The van der Waals surface area contributed by atoms with Gasteiger partial charge in [0.25, 0.3) is 0 Å². The van der Waals surface area contributed by atoms with Crippen molar-refractivity contribution in [3.63, 3.8) is 0 Å². The molecule has 0 amide bonds. The number of ether oxygens (including phenoxy) is 2. The van der Waals surface area contributed by atoms with E-state index in [1.54, 1.807) is 7.11 Å². The largest absolute Gasteiger partial charge is 0.382 e. The summed E-state index contributed by atoms with van der Waals surface area (Å²) in [5.41, 5.74) is 0. The van der Waals surface area contributed by atoms with Gasteiger partial charge >= 0.3 is 0 Å². The van der Waals surface area contributed by atoms with Crippen molar-refractivity contribution in [1.82, 2.24) is 14.8 Å². The van der Waals surface area contributed by atoms with Gasteiger partial charge in [0.1, 0.15) is 5.82 Å². The van der Waals surface area contributed by atoms with Crippen LogP contribution in [0.15, 0.2) is 0 Å². The van der Waals surface area contributed by atoms with E-state index in [-0.39, 0.29) is 0 Å². The molecule has 1 aromatic heterocycles. The number of aromatic nitrogens is 3. The van der Waals surface area contributed by atoms with Gasteiger partial charge in [-0.1, -0.05) is 6.92 Å². The fourth-order valence-electron chi connectivity index (χ4n) is 1.34. The molecule has 0 spiro atoms. The van der Waals surface area contributed by atoms with Crippen molar-refractivity contribution < 1.29 is 9.47 Å². The summed E-state index contributed by atoms with van der Waals surface area (Å²) >= 11 is 5.93. The molecule has 0 saturated carbocycles. The summed E-state index contributed by atoms with van der Waals surface area (Å²) in [5, 5.41) is 8.30. The molecule has 0 atom stereocenters. The zero-order valence-corrected chi connectivity index (χ0v) is 10.5. The number of halogens is 1. The van der Waals surface area contributed by atoms with Gasteiger partial charge in [-0.2, -0.15) is 0 Å². The lowest BCUT2D eigenvalue weighted by atomic mass is 10.3. The van der Waals surface area contributed by atoms with E-state index in [9.17, 15) is 0 Å². The van der Waals surface area contributed by atoms with Gasteiger partial charge in [-0.15, -0.1) is 10.2 Å². The molecule has 0 unspecified atom stereocenters. The van der Waals surface area contributed by atoms with Crippen LogP contribution in [0.25, 0.3) is 0 Å². The minimum atomic E-state index is 0.429. The van der Waals surface area contributed by atoms with Crippen molar-refractivity contribution in [3.8, 4) is 0 Å². The number of hydrogen-bond acceptors (Lipinski definition) is 4. The van der Waals surface area contributed by atoms with Gasteiger partial charge in [0.15, 0.2) is 0 Å². The topological polar surface area (TPSA) is 49.2 Å². The molecular formula is C10H18ClN3O2. The second kappa shape index (κ2) is 7.60. The molecule has 16 heavy (non-hydrogen) atoms. The van der Waals surface area contributed by atoms with Crippen LogP contribution in [-0.4, -0.2) is 41.7 Å². The second-order valence-electron chi connectivity index (χ2n) is 3.39. The molecule has 0 fully saturated rings. The van der Waals surface area contributed by atoms with Crippen LogP contribution in [0, 0.1) is 0 Å². The average Bonchev–Trinajstić information content (AvgIpc) is 2.61. The summed E-state index contributed by atoms with van der Waals surface area (Å²) in [5.74, 6) is 0.919. The number of hydrogen-bond donors (Lipinski definition) is 0. The van der Waals surface area contributed by atoms with Gasteiger partial charge in [-0.05, 0) is 18.0 Å². The Morgan fingerprint density at radius 1 is 1.25 bits per heavy atom. The van der Waals surface area contributed by atoms with Crippen molar-refractivity contribution in [3.05, 3.63) is 11.1 Å². The number of aryl methyl sites for hydroxylation is 1. The normalized spacial score (nSPS) is 10.9. The fraction of sp³-hybridized carbons (Fsp3) is 0.800. The fourth-order valence-corrected chi connectivity index (χ4v) is 1.56. The Morgan fingerprint density at radius 2 is 2.06 bits per heavy atom. The van der Waals surface area contributed by atoms with E-state index in [2.05, 4.69) is 17.1 Å². The highest BCUT2D eigenvalue weighted by Crippen LogP contribution is 2.09. The van der Waals surface area contributed by atoms with Crippen LogP contribution in [0.1, 0.15) is 19.2 Å². The lowest BCUT2D eigenvalue weighted by Crippen LogP contribution is -2.11. The molecular weight excluding hydrogens is 230 g/mol. The Morgan fingerprint density at radius 3 is 2.75 bits per heavy atom. The SMILES string of the molecule is CCCc1nnc(Cl)n1CCOCCOC. The number of nitrogens with zero attached hydrogens (tertiary/aromatic N) is 3. The molecule has 1 aromatic rings. The third-order valence-electron chi connectivity index (χ3n) is 2.15. The Bertz CT molecular complexity index is 304. The molecule has 1 heterocycles. The summed E-state index contributed by atoms with van der Waals surface area (Å²) in [7, 11) is 1.65. The summed E-state index contributed by atoms with van der Waals surface area (Å²) in [6.45, 7) is 4.59. The first-order valence-corrected chi connectivity index (χ1v) is 5.81. The van der Waals surface area contributed by atoms with Crippen molar-refractivity contribution >= 4 is 11.6 Å². The monoisotopic (exact) mass is 247 g/mol. The Kier molecular flexibility index (Phi) is 6.37. The molecule has 1 rings (SSSR count).